The molecule has 6 aromatic rings. The van der Waals surface area contributed by atoms with E-state index in [4.69, 9.17) is 20.4 Å². The number of nitrogens with zero attached hydrogens (tertiary/aromatic N) is 6. The van der Waals surface area contributed by atoms with Crippen molar-refractivity contribution in [2.75, 3.05) is 43.9 Å². The normalized spacial score (nSPS) is 13.7. The fraction of sp³-hybridized carbons (Fsp3) is 0.162. The maximum atomic E-state index is 6.34. The van der Waals surface area contributed by atoms with Crippen LogP contribution in [-0.2, 0) is 6.54 Å². The number of hydrogen-bond acceptors (Lipinski definition) is 7. The van der Waals surface area contributed by atoms with Gasteiger partial charge in [0.1, 0.15) is 17.1 Å². The summed E-state index contributed by atoms with van der Waals surface area (Å²) in [7, 11) is 1.73. The monoisotopic (exact) mass is 593 g/mol. The Morgan fingerprint density at radius 3 is 2.38 bits per heavy atom. The summed E-state index contributed by atoms with van der Waals surface area (Å²) in [6, 6.07) is 33.0. The summed E-state index contributed by atoms with van der Waals surface area (Å²) in [4.78, 5) is 19.3. The van der Waals surface area contributed by atoms with Crippen molar-refractivity contribution in [1.82, 2.24) is 24.4 Å². The van der Waals surface area contributed by atoms with Gasteiger partial charge in [-0.25, -0.2) is 15.0 Å². The lowest BCUT2D eigenvalue weighted by Gasteiger charge is -2.37. The fourth-order valence-corrected chi connectivity index (χ4v) is 6.09. The van der Waals surface area contributed by atoms with E-state index in [9.17, 15) is 0 Å². The number of aromatic nitrogens is 4. The Morgan fingerprint density at radius 2 is 1.64 bits per heavy atom. The quantitative estimate of drug-likeness (QED) is 0.210. The number of benzene rings is 3. The van der Waals surface area contributed by atoms with Gasteiger partial charge in [-0.1, -0.05) is 67.3 Å². The van der Waals surface area contributed by atoms with E-state index in [1.165, 1.54) is 5.56 Å². The van der Waals surface area contributed by atoms with Crippen LogP contribution in [0, 0.1) is 0 Å². The molecular weight excluding hydrogens is 558 g/mol. The number of fused-ring (bicyclic) bond motifs is 1. The van der Waals surface area contributed by atoms with Crippen LogP contribution in [0.1, 0.15) is 11.1 Å². The molecular formula is C37H35N7O. The van der Waals surface area contributed by atoms with Crippen LogP contribution in [0.15, 0.2) is 110 Å². The molecule has 8 heteroatoms. The number of nitrogen functional groups attached to an aromatic ring is 1. The molecule has 2 N–H and O–H groups in total. The van der Waals surface area contributed by atoms with Crippen LogP contribution in [0.5, 0.6) is 5.75 Å². The number of piperazine rings is 1. The second kappa shape index (κ2) is 12.3. The highest BCUT2D eigenvalue weighted by atomic mass is 16.5. The van der Waals surface area contributed by atoms with E-state index in [2.05, 4.69) is 74.5 Å². The molecule has 1 saturated heterocycles. The first-order chi connectivity index (χ1) is 22.1. The third kappa shape index (κ3) is 5.52. The molecule has 3 aromatic heterocycles. The maximum absolute atomic E-state index is 6.34. The maximum Gasteiger partial charge on any atom is 0.165 e. The van der Waals surface area contributed by atoms with Crippen molar-refractivity contribution >= 4 is 28.7 Å². The summed E-state index contributed by atoms with van der Waals surface area (Å²) in [5.41, 5.74) is 15.0. The van der Waals surface area contributed by atoms with Crippen LogP contribution in [0.25, 0.3) is 45.6 Å². The number of methoxy groups -OCH3 is 1. The molecule has 1 fully saturated rings. The Balaban J connectivity index is 1.15. The van der Waals surface area contributed by atoms with Crippen molar-refractivity contribution in [2.45, 2.75) is 6.54 Å². The standard InChI is InChI=1S/C37H35N7O/c1-3-27-11-7-13-33(34(27)45-2)43-23-21-42(22-24-43)25-26-14-16-29(17-15-26)44-36(30-12-8-20-39-35(30)38)41-32-19-18-31(40-37(32)44)28-9-5-4-6-10-28/h3-20H,1,21-25H2,2H3,(H2,38,39). The average molecular weight is 594 g/mol. The van der Waals surface area contributed by atoms with Crippen LogP contribution in [0.4, 0.5) is 11.5 Å². The zero-order chi connectivity index (χ0) is 30.8. The highest BCUT2D eigenvalue weighted by Crippen LogP contribution is 2.34. The third-order valence-electron chi connectivity index (χ3n) is 8.42. The molecule has 3 aromatic carbocycles. The van der Waals surface area contributed by atoms with Gasteiger partial charge in [0.25, 0.3) is 0 Å². The Kier molecular flexibility index (Phi) is 7.71. The number of ether oxygens (including phenoxy) is 1. The largest absolute Gasteiger partial charge is 0.494 e. The van der Waals surface area contributed by atoms with Gasteiger partial charge in [0, 0.05) is 55.7 Å². The minimum absolute atomic E-state index is 0.432. The van der Waals surface area contributed by atoms with Gasteiger partial charge in [-0.2, -0.15) is 0 Å². The van der Waals surface area contributed by atoms with Crippen molar-refractivity contribution in [1.29, 1.82) is 0 Å². The second-order valence-electron chi connectivity index (χ2n) is 11.1. The van der Waals surface area contributed by atoms with Gasteiger partial charge in [-0.15, -0.1) is 0 Å². The van der Waals surface area contributed by atoms with Crippen LogP contribution in [0.2, 0.25) is 0 Å². The van der Waals surface area contributed by atoms with Crippen LogP contribution < -0.4 is 15.4 Å². The minimum atomic E-state index is 0.432. The van der Waals surface area contributed by atoms with Crippen molar-refractivity contribution in [3.05, 3.63) is 121 Å². The minimum Gasteiger partial charge on any atom is -0.494 e. The lowest BCUT2D eigenvalue weighted by molar-refractivity contribution is 0.249. The Hall–Kier alpha value is -5.47. The summed E-state index contributed by atoms with van der Waals surface area (Å²) in [5, 5.41) is 0. The molecule has 224 valence electrons. The van der Waals surface area contributed by atoms with E-state index >= 15 is 0 Å². The van der Waals surface area contributed by atoms with Gasteiger partial charge in [-0.3, -0.25) is 9.47 Å². The molecule has 4 heterocycles. The van der Waals surface area contributed by atoms with Crippen LogP contribution in [0.3, 0.4) is 0 Å². The van der Waals surface area contributed by atoms with Crippen molar-refractivity contribution < 1.29 is 4.74 Å². The van der Waals surface area contributed by atoms with Crippen molar-refractivity contribution in [3.8, 4) is 34.1 Å². The number of nitrogens with two attached hydrogens (primary N) is 1. The molecule has 8 nitrogen and oxygen atoms in total. The van der Waals surface area contributed by atoms with Crippen molar-refractivity contribution in [2.24, 2.45) is 0 Å². The molecule has 0 saturated carbocycles. The molecule has 0 aliphatic carbocycles. The molecule has 0 spiro atoms. The highest BCUT2D eigenvalue weighted by Gasteiger charge is 2.22. The van der Waals surface area contributed by atoms with Crippen molar-refractivity contribution in [3.63, 3.8) is 0 Å². The first-order valence-corrected chi connectivity index (χ1v) is 15.1. The van der Waals surface area contributed by atoms with Gasteiger partial charge in [0.2, 0.25) is 0 Å². The molecule has 0 atom stereocenters. The molecule has 0 amide bonds. The lowest BCUT2D eigenvalue weighted by atomic mass is 10.1. The van der Waals surface area contributed by atoms with Crippen LogP contribution >= 0.6 is 0 Å². The van der Waals surface area contributed by atoms with E-state index in [1.807, 2.05) is 54.6 Å². The average Bonchev–Trinajstić information content (AvgIpc) is 3.47. The number of anilines is 2. The highest BCUT2D eigenvalue weighted by molar-refractivity contribution is 5.84. The topological polar surface area (TPSA) is 85.3 Å². The van der Waals surface area contributed by atoms with E-state index < -0.39 is 0 Å². The Morgan fingerprint density at radius 1 is 0.844 bits per heavy atom. The molecule has 0 unspecified atom stereocenters. The van der Waals surface area contributed by atoms with Crippen LogP contribution in [-0.4, -0.2) is 57.7 Å². The zero-order valence-electron chi connectivity index (χ0n) is 25.3. The zero-order valence-corrected chi connectivity index (χ0v) is 25.3. The smallest absolute Gasteiger partial charge is 0.165 e. The van der Waals surface area contributed by atoms with Gasteiger partial charge < -0.3 is 15.4 Å². The summed E-state index contributed by atoms with van der Waals surface area (Å²) in [6.45, 7) is 8.61. The fourth-order valence-electron chi connectivity index (χ4n) is 6.09. The SMILES string of the molecule is C=Cc1cccc(N2CCN(Cc3ccc(-n4c(-c5cccnc5N)nc5ccc(-c6ccccc6)nc54)cc3)CC2)c1OC. The summed E-state index contributed by atoms with van der Waals surface area (Å²) in [6.07, 6.45) is 3.54. The predicted octanol–water partition coefficient (Wildman–Crippen LogP) is 6.71. The Labute approximate surface area is 263 Å². The molecule has 45 heavy (non-hydrogen) atoms. The number of rotatable bonds is 8. The Bertz CT molecular complexity index is 1960. The summed E-state index contributed by atoms with van der Waals surface area (Å²) in [5.74, 6) is 2.04. The van der Waals surface area contributed by atoms with Gasteiger partial charge in [0.15, 0.2) is 11.5 Å². The van der Waals surface area contributed by atoms with E-state index in [0.29, 0.717) is 11.6 Å². The van der Waals surface area contributed by atoms with Gasteiger partial charge in [-0.05, 0) is 48.0 Å². The predicted molar refractivity (Wildman–Crippen MR) is 183 cm³/mol. The number of hydrogen-bond donors (Lipinski definition) is 1. The molecule has 1 aliphatic heterocycles. The first kappa shape index (κ1) is 28.3. The number of para-hydroxylation sites is 1. The summed E-state index contributed by atoms with van der Waals surface area (Å²) >= 11 is 0. The van der Waals surface area contributed by atoms with E-state index in [0.717, 1.165) is 83.4 Å². The number of imidazole rings is 1. The lowest BCUT2D eigenvalue weighted by Crippen LogP contribution is -2.46. The molecule has 7 rings (SSSR count). The molecule has 1 aliphatic rings. The molecule has 0 bridgehead atoms. The first-order valence-electron chi connectivity index (χ1n) is 15.1. The van der Waals surface area contributed by atoms with Gasteiger partial charge >= 0.3 is 0 Å². The molecule has 0 radical (unpaired) electrons. The van der Waals surface area contributed by atoms with E-state index in [-0.39, 0.29) is 0 Å². The third-order valence-corrected chi connectivity index (χ3v) is 8.42. The number of pyridine rings is 2. The van der Waals surface area contributed by atoms with Gasteiger partial charge in [0.05, 0.1) is 24.1 Å². The second-order valence-corrected chi connectivity index (χ2v) is 11.1. The van der Waals surface area contributed by atoms with E-state index in [1.54, 1.807) is 13.3 Å². The summed E-state index contributed by atoms with van der Waals surface area (Å²) < 4.78 is 7.82.